The lowest BCUT2D eigenvalue weighted by Gasteiger charge is -2.58. The van der Waals surface area contributed by atoms with Crippen molar-refractivity contribution in [3.05, 3.63) is 36.2 Å². The summed E-state index contributed by atoms with van der Waals surface area (Å²) in [5, 5.41) is 6.36. The maximum atomic E-state index is 10.7. The number of aromatic nitrogens is 2. The molecule has 2 atom stereocenters. The van der Waals surface area contributed by atoms with Crippen LogP contribution >= 0.6 is 0 Å². The lowest BCUT2D eigenvalue weighted by atomic mass is 9.62. The van der Waals surface area contributed by atoms with Crippen LogP contribution in [0.25, 0.3) is 6.08 Å². The minimum Gasteiger partial charge on any atom is -0.381 e. The molecule has 1 saturated carbocycles. The number of hydrogen-bond donors (Lipinski definition) is 2. The first-order chi connectivity index (χ1) is 16.0. The third-order valence-corrected chi connectivity index (χ3v) is 6.47. The van der Waals surface area contributed by atoms with E-state index in [2.05, 4.69) is 35.2 Å². The van der Waals surface area contributed by atoms with E-state index in [0.717, 1.165) is 49.8 Å². The van der Waals surface area contributed by atoms with Crippen molar-refractivity contribution in [2.45, 2.75) is 71.8 Å². The van der Waals surface area contributed by atoms with E-state index < -0.39 is 5.91 Å². The number of aryl methyl sites for hydroxylation is 1. The van der Waals surface area contributed by atoms with Crippen molar-refractivity contribution in [3.63, 3.8) is 0 Å². The summed E-state index contributed by atoms with van der Waals surface area (Å²) in [6.07, 6.45) is 11.5. The second kappa shape index (κ2) is 15.8. The number of aromatic amines is 1. The summed E-state index contributed by atoms with van der Waals surface area (Å²) in [7, 11) is 0. The highest BCUT2D eigenvalue weighted by molar-refractivity contribution is 5.94. The van der Waals surface area contributed by atoms with Crippen LogP contribution in [0.4, 0.5) is 0 Å². The summed E-state index contributed by atoms with van der Waals surface area (Å²) >= 11 is 0. The molecule has 1 spiro atoms. The Morgan fingerprint density at radius 2 is 1.94 bits per heavy atom. The Labute approximate surface area is 200 Å². The van der Waals surface area contributed by atoms with Crippen LogP contribution in [-0.2, 0) is 9.47 Å². The zero-order valence-electron chi connectivity index (χ0n) is 21.3. The molecule has 7 heteroatoms. The zero-order chi connectivity index (χ0) is 24.7. The van der Waals surface area contributed by atoms with Gasteiger partial charge in [0.05, 0.1) is 6.61 Å². The molecule has 2 unspecified atom stereocenters. The summed E-state index contributed by atoms with van der Waals surface area (Å²) in [6.45, 7) is 20.9. The van der Waals surface area contributed by atoms with Crippen molar-refractivity contribution in [3.8, 4) is 0 Å². The fourth-order valence-electron chi connectivity index (χ4n) is 4.59. The summed E-state index contributed by atoms with van der Waals surface area (Å²) in [5.74, 6) is 0.593. The molecule has 188 valence electrons. The number of carbonyl (C=O) groups excluding carboxylic acids is 1. The van der Waals surface area contributed by atoms with Gasteiger partial charge >= 0.3 is 0 Å². The number of nitrogens with one attached hydrogen (secondary N) is 1. The van der Waals surface area contributed by atoms with Crippen molar-refractivity contribution < 1.29 is 14.3 Å². The summed E-state index contributed by atoms with van der Waals surface area (Å²) in [4.78, 5) is 13.4. The van der Waals surface area contributed by atoms with Gasteiger partial charge in [-0.25, -0.2) is 0 Å². The molecular formula is C26H46N4O3. The van der Waals surface area contributed by atoms with E-state index in [1.165, 1.54) is 38.8 Å². The molecular weight excluding hydrogens is 416 g/mol. The van der Waals surface area contributed by atoms with Crippen LogP contribution in [-0.4, -0.2) is 66.1 Å². The first-order valence-corrected chi connectivity index (χ1v) is 12.5. The van der Waals surface area contributed by atoms with Gasteiger partial charge < -0.3 is 15.2 Å². The number of H-pyrrole nitrogens is 1. The van der Waals surface area contributed by atoms with Crippen molar-refractivity contribution >= 4 is 12.0 Å². The maximum Gasteiger partial charge on any atom is 0.269 e. The molecule has 7 nitrogen and oxygen atoms in total. The molecule has 3 fully saturated rings. The number of amides is 1. The lowest BCUT2D eigenvalue weighted by molar-refractivity contribution is -0.0659. The Morgan fingerprint density at radius 1 is 1.21 bits per heavy atom. The Kier molecular flexibility index (Phi) is 13.9. The van der Waals surface area contributed by atoms with E-state index in [-0.39, 0.29) is 5.69 Å². The smallest absolute Gasteiger partial charge is 0.269 e. The minimum absolute atomic E-state index is 0.248. The van der Waals surface area contributed by atoms with Crippen LogP contribution in [0.3, 0.4) is 0 Å². The van der Waals surface area contributed by atoms with Crippen molar-refractivity contribution in [2.24, 2.45) is 11.7 Å². The number of nitrogens with zero attached hydrogens (tertiary/aromatic N) is 2. The number of nitrogens with two attached hydrogens (primary N) is 1. The van der Waals surface area contributed by atoms with E-state index in [1.807, 2.05) is 13.8 Å². The average molecular weight is 463 g/mol. The fraction of sp³-hybridized carbons (Fsp3) is 0.692. The first kappa shape index (κ1) is 29.1. The van der Waals surface area contributed by atoms with Gasteiger partial charge in [-0.2, -0.15) is 5.10 Å². The monoisotopic (exact) mass is 462 g/mol. The zero-order valence-corrected chi connectivity index (χ0v) is 21.3. The Hall–Kier alpha value is -1.96. The molecule has 2 aliphatic heterocycles. The van der Waals surface area contributed by atoms with Gasteiger partial charge in [-0.15, -0.1) is 6.58 Å². The van der Waals surface area contributed by atoms with Gasteiger partial charge in [0.1, 0.15) is 0 Å². The van der Waals surface area contributed by atoms with Gasteiger partial charge in [-0.3, -0.25) is 14.8 Å². The fourth-order valence-corrected chi connectivity index (χ4v) is 4.59. The SMILES string of the molecule is C1CN2CCC23CCC13.C=CCOCCCOCCC.C=Cc1c(C(N)=O)n[nH]c1C.CC. The average Bonchev–Trinajstić information content (AvgIpc) is 3.24. The number of primary amides is 1. The molecule has 0 radical (unpaired) electrons. The maximum absolute atomic E-state index is 10.7. The highest BCUT2D eigenvalue weighted by Crippen LogP contribution is 2.57. The summed E-state index contributed by atoms with van der Waals surface area (Å²) in [5.41, 5.74) is 7.57. The molecule has 0 aromatic carbocycles. The van der Waals surface area contributed by atoms with Crippen LogP contribution in [0.1, 0.15) is 81.0 Å². The van der Waals surface area contributed by atoms with Crippen molar-refractivity contribution in [1.29, 1.82) is 0 Å². The second-order valence-electron chi connectivity index (χ2n) is 8.37. The van der Waals surface area contributed by atoms with E-state index >= 15 is 0 Å². The molecule has 3 aliphatic rings. The summed E-state index contributed by atoms with van der Waals surface area (Å²) in [6, 6.07) is 0. The minimum atomic E-state index is -0.538. The highest BCUT2D eigenvalue weighted by atomic mass is 16.5. The van der Waals surface area contributed by atoms with Crippen LogP contribution in [0.5, 0.6) is 0 Å². The highest BCUT2D eigenvalue weighted by Gasteiger charge is 2.59. The largest absolute Gasteiger partial charge is 0.381 e. The normalized spacial score (nSPS) is 21.8. The molecule has 1 aliphatic carbocycles. The van der Waals surface area contributed by atoms with Crippen LogP contribution in [0.2, 0.25) is 0 Å². The molecule has 1 aromatic heterocycles. The lowest BCUT2D eigenvalue weighted by Crippen LogP contribution is -2.63. The van der Waals surface area contributed by atoms with Gasteiger partial charge in [0.2, 0.25) is 0 Å². The number of rotatable bonds is 10. The molecule has 0 bridgehead atoms. The van der Waals surface area contributed by atoms with Gasteiger partial charge in [0.15, 0.2) is 5.69 Å². The molecule has 3 N–H and O–H groups in total. The molecule has 1 aromatic rings. The van der Waals surface area contributed by atoms with Gasteiger partial charge in [-0.05, 0) is 57.9 Å². The van der Waals surface area contributed by atoms with Gasteiger partial charge in [0, 0.05) is 43.2 Å². The Morgan fingerprint density at radius 3 is 2.36 bits per heavy atom. The standard InChI is InChI=1S/C9H18O2.C8H13N.C7H9N3O.C2H6/c1-3-6-10-8-5-9-11-7-4-2;1-3-8-4-6-9(8)5-2-7(1)8;1-3-5-4(2)9-10-6(5)7(8)11;1-2/h3H,1,4-9H2,2H3;7H,1-6H2;3H,1H2,2H3,(H2,8,11)(H,9,10);1-2H3. The van der Waals surface area contributed by atoms with Gasteiger partial charge in [0.25, 0.3) is 5.91 Å². The molecule has 33 heavy (non-hydrogen) atoms. The number of carbonyl (C=O) groups is 1. The molecule has 2 saturated heterocycles. The topological polar surface area (TPSA) is 93.5 Å². The third-order valence-electron chi connectivity index (χ3n) is 6.47. The summed E-state index contributed by atoms with van der Waals surface area (Å²) < 4.78 is 10.4. The van der Waals surface area contributed by atoms with Crippen molar-refractivity contribution in [1.82, 2.24) is 15.1 Å². The molecule has 3 heterocycles. The quantitative estimate of drug-likeness (QED) is 0.387. The van der Waals surface area contributed by atoms with E-state index in [4.69, 9.17) is 15.2 Å². The predicted molar refractivity (Wildman–Crippen MR) is 136 cm³/mol. The van der Waals surface area contributed by atoms with E-state index in [0.29, 0.717) is 12.2 Å². The van der Waals surface area contributed by atoms with E-state index in [1.54, 1.807) is 19.1 Å². The van der Waals surface area contributed by atoms with Crippen LogP contribution in [0.15, 0.2) is 19.2 Å². The Bertz CT molecular complexity index is 698. The molecule has 4 rings (SSSR count). The molecule has 1 amide bonds. The first-order valence-electron chi connectivity index (χ1n) is 12.5. The number of hydrogen-bond acceptors (Lipinski definition) is 5. The Balaban J connectivity index is 0.000000238. The van der Waals surface area contributed by atoms with Crippen LogP contribution in [0, 0.1) is 12.8 Å². The van der Waals surface area contributed by atoms with Gasteiger partial charge in [-0.1, -0.05) is 39.5 Å². The van der Waals surface area contributed by atoms with Crippen molar-refractivity contribution in [2.75, 3.05) is 39.5 Å². The van der Waals surface area contributed by atoms with Crippen LogP contribution < -0.4 is 5.73 Å². The predicted octanol–water partition coefficient (Wildman–Crippen LogP) is 4.74. The third kappa shape index (κ3) is 8.09. The second-order valence-corrected chi connectivity index (χ2v) is 8.37. The van der Waals surface area contributed by atoms with E-state index in [9.17, 15) is 4.79 Å². The number of ether oxygens (including phenoxy) is 2.